The van der Waals surface area contributed by atoms with E-state index in [-0.39, 0.29) is 5.91 Å². The standard InChI is InChI=1S/C18H21BrN4O/c1-2-14-7-5-6-10-23(14)17(24)13-11-20-18(21-12-13)22-16-9-4-3-8-15(16)19/h3-4,8-9,11-12,14H,2,5-7,10H2,1H3,(H,20,21,22). The molecule has 1 N–H and O–H groups in total. The Balaban J connectivity index is 1.72. The molecule has 1 amide bonds. The normalized spacial score (nSPS) is 17.6. The van der Waals surface area contributed by atoms with Crippen LogP contribution in [-0.4, -0.2) is 33.4 Å². The van der Waals surface area contributed by atoms with Crippen LogP contribution in [0.5, 0.6) is 0 Å². The highest BCUT2D eigenvalue weighted by atomic mass is 79.9. The minimum Gasteiger partial charge on any atom is -0.336 e. The Labute approximate surface area is 150 Å². The van der Waals surface area contributed by atoms with E-state index < -0.39 is 0 Å². The average Bonchev–Trinajstić information content (AvgIpc) is 2.63. The zero-order valence-corrected chi connectivity index (χ0v) is 15.3. The van der Waals surface area contributed by atoms with Gasteiger partial charge in [-0.2, -0.15) is 0 Å². The van der Waals surface area contributed by atoms with E-state index >= 15 is 0 Å². The number of piperidine rings is 1. The summed E-state index contributed by atoms with van der Waals surface area (Å²) in [6, 6.07) is 8.10. The molecule has 126 valence electrons. The molecule has 1 unspecified atom stereocenters. The first-order chi connectivity index (χ1) is 11.7. The Kier molecular flexibility index (Phi) is 5.45. The highest BCUT2D eigenvalue weighted by Crippen LogP contribution is 2.24. The Hall–Kier alpha value is -1.95. The van der Waals surface area contributed by atoms with E-state index in [1.807, 2.05) is 29.2 Å². The number of hydrogen-bond donors (Lipinski definition) is 1. The van der Waals surface area contributed by atoms with Crippen molar-refractivity contribution in [1.82, 2.24) is 14.9 Å². The van der Waals surface area contributed by atoms with Crippen LogP contribution in [0.15, 0.2) is 41.1 Å². The van der Waals surface area contributed by atoms with E-state index in [0.717, 1.165) is 36.0 Å². The average molecular weight is 389 g/mol. The topological polar surface area (TPSA) is 58.1 Å². The number of hydrogen-bond acceptors (Lipinski definition) is 4. The Morgan fingerprint density at radius 2 is 2.04 bits per heavy atom. The van der Waals surface area contributed by atoms with Crippen LogP contribution < -0.4 is 5.32 Å². The molecular formula is C18H21BrN4O. The fourth-order valence-electron chi connectivity index (χ4n) is 3.04. The number of carbonyl (C=O) groups is 1. The third kappa shape index (κ3) is 3.75. The van der Waals surface area contributed by atoms with Crippen molar-refractivity contribution in [3.05, 3.63) is 46.7 Å². The lowest BCUT2D eigenvalue weighted by molar-refractivity contribution is 0.0607. The van der Waals surface area contributed by atoms with Crippen LogP contribution in [-0.2, 0) is 0 Å². The molecule has 1 saturated heterocycles. The fraction of sp³-hybridized carbons (Fsp3) is 0.389. The van der Waals surface area contributed by atoms with Gasteiger partial charge in [0.2, 0.25) is 5.95 Å². The van der Waals surface area contributed by atoms with Crippen LogP contribution in [0, 0.1) is 0 Å². The number of nitrogens with zero attached hydrogens (tertiary/aromatic N) is 3. The van der Waals surface area contributed by atoms with Gasteiger partial charge in [0, 0.05) is 29.5 Å². The van der Waals surface area contributed by atoms with E-state index in [4.69, 9.17) is 0 Å². The van der Waals surface area contributed by atoms with Gasteiger partial charge in [-0.05, 0) is 53.7 Å². The van der Waals surface area contributed by atoms with Gasteiger partial charge in [-0.3, -0.25) is 4.79 Å². The van der Waals surface area contributed by atoms with E-state index in [2.05, 4.69) is 38.1 Å². The van der Waals surface area contributed by atoms with Crippen LogP contribution in [0.2, 0.25) is 0 Å². The molecule has 0 spiro atoms. The highest BCUT2D eigenvalue weighted by Gasteiger charge is 2.26. The van der Waals surface area contributed by atoms with E-state index in [1.54, 1.807) is 12.4 Å². The molecule has 24 heavy (non-hydrogen) atoms. The van der Waals surface area contributed by atoms with Crippen molar-refractivity contribution in [3.8, 4) is 0 Å². The van der Waals surface area contributed by atoms with Crippen molar-refractivity contribution in [2.45, 2.75) is 38.6 Å². The number of amides is 1. The van der Waals surface area contributed by atoms with E-state index in [9.17, 15) is 4.79 Å². The van der Waals surface area contributed by atoms with Gasteiger partial charge in [-0.25, -0.2) is 9.97 Å². The summed E-state index contributed by atoms with van der Waals surface area (Å²) in [6.07, 6.45) is 7.57. The molecule has 1 atom stereocenters. The Morgan fingerprint density at radius 1 is 1.29 bits per heavy atom. The van der Waals surface area contributed by atoms with Crippen molar-refractivity contribution in [3.63, 3.8) is 0 Å². The molecule has 0 aliphatic carbocycles. The summed E-state index contributed by atoms with van der Waals surface area (Å²) in [5, 5.41) is 3.14. The van der Waals surface area contributed by atoms with E-state index in [0.29, 0.717) is 17.6 Å². The number of para-hydroxylation sites is 1. The lowest BCUT2D eigenvalue weighted by Crippen LogP contribution is -2.43. The van der Waals surface area contributed by atoms with Gasteiger partial charge in [0.15, 0.2) is 0 Å². The maximum Gasteiger partial charge on any atom is 0.257 e. The number of aromatic nitrogens is 2. The Morgan fingerprint density at radius 3 is 2.75 bits per heavy atom. The molecular weight excluding hydrogens is 368 g/mol. The number of likely N-dealkylation sites (tertiary alicyclic amines) is 1. The molecule has 0 radical (unpaired) electrons. The monoisotopic (exact) mass is 388 g/mol. The summed E-state index contributed by atoms with van der Waals surface area (Å²) in [6.45, 7) is 2.96. The zero-order chi connectivity index (χ0) is 16.9. The summed E-state index contributed by atoms with van der Waals surface area (Å²) in [5.74, 6) is 0.512. The van der Waals surface area contributed by atoms with Crippen LogP contribution in [0.3, 0.4) is 0 Å². The molecule has 1 aromatic heterocycles. The first kappa shape index (κ1) is 16.9. The fourth-order valence-corrected chi connectivity index (χ4v) is 3.43. The second-order valence-corrected chi connectivity index (χ2v) is 6.81. The second-order valence-electron chi connectivity index (χ2n) is 5.96. The quantitative estimate of drug-likeness (QED) is 0.843. The van der Waals surface area contributed by atoms with Gasteiger partial charge in [0.1, 0.15) is 0 Å². The van der Waals surface area contributed by atoms with Crippen molar-refractivity contribution in [2.75, 3.05) is 11.9 Å². The van der Waals surface area contributed by atoms with Gasteiger partial charge in [-0.1, -0.05) is 19.1 Å². The van der Waals surface area contributed by atoms with Gasteiger partial charge in [-0.15, -0.1) is 0 Å². The SMILES string of the molecule is CCC1CCCCN1C(=O)c1cnc(Nc2ccccc2Br)nc1. The highest BCUT2D eigenvalue weighted by molar-refractivity contribution is 9.10. The molecule has 1 aromatic carbocycles. The molecule has 5 nitrogen and oxygen atoms in total. The number of halogens is 1. The molecule has 0 bridgehead atoms. The van der Waals surface area contributed by atoms with Crippen LogP contribution in [0.4, 0.5) is 11.6 Å². The second kappa shape index (κ2) is 7.75. The number of rotatable bonds is 4. The maximum atomic E-state index is 12.7. The smallest absolute Gasteiger partial charge is 0.257 e. The summed E-state index contributed by atoms with van der Waals surface area (Å²) < 4.78 is 0.938. The predicted molar refractivity (Wildman–Crippen MR) is 98.4 cm³/mol. The van der Waals surface area contributed by atoms with Crippen molar-refractivity contribution >= 4 is 33.5 Å². The van der Waals surface area contributed by atoms with Crippen LogP contribution >= 0.6 is 15.9 Å². The number of benzene rings is 1. The number of anilines is 2. The summed E-state index contributed by atoms with van der Waals surface area (Å²) >= 11 is 3.48. The van der Waals surface area contributed by atoms with Crippen molar-refractivity contribution in [1.29, 1.82) is 0 Å². The molecule has 2 aromatic rings. The zero-order valence-electron chi connectivity index (χ0n) is 13.7. The first-order valence-electron chi connectivity index (χ1n) is 8.33. The maximum absolute atomic E-state index is 12.7. The predicted octanol–water partition coefficient (Wildman–Crippen LogP) is 4.39. The molecule has 1 aliphatic heterocycles. The van der Waals surface area contributed by atoms with Crippen molar-refractivity contribution in [2.24, 2.45) is 0 Å². The van der Waals surface area contributed by atoms with Crippen molar-refractivity contribution < 1.29 is 4.79 Å². The van der Waals surface area contributed by atoms with Gasteiger partial charge >= 0.3 is 0 Å². The van der Waals surface area contributed by atoms with Gasteiger partial charge in [0.05, 0.1) is 11.3 Å². The van der Waals surface area contributed by atoms with Crippen LogP contribution in [0.25, 0.3) is 0 Å². The van der Waals surface area contributed by atoms with Gasteiger partial charge in [0.25, 0.3) is 5.91 Å². The number of carbonyl (C=O) groups excluding carboxylic acids is 1. The molecule has 2 heterocycles. The first-order valence-corrected chi connectivity index (χ1v) is 9.13. The summed E-state index contributed by atoms with van der Waals surface area (Å²) in [5.41, 5.74) is 1.44. The minimum absolute atomic E-state index is 0.0361. The van der Waals surface area contributed by atoms with Crippen LogP contribution in [0.1, 0.15) is 43.0 Å². The lowest BCUT2D eigenvalue weighted by Gasteiger charge is -2.35. The molecule has 0 saturated carbocycles. The third-order valence-electron chi connectivity index (χ3n) is 4.38. The Bertz CT molecular complexity index is 704. The molecule has 3 rings (SSSR count). The number of nitrogens with one attached hydrogen (secondary N) is 1. The molecule has 6 heteroatoms. The lowest BCUT2D eigenvalue weighted by atomic mass is 9.99. The van der Waals surface area contributed by atoms with E-state index in [1.165, 1.54) is 6.42 Å². The largest absolute Gasteiger partial charge is 0.336 e. The van der Waals surface area contributed by atoms with Gasteiger partial charge < -0.3 is 10.2 Å². The summed E-state index contributed by atoms with van der Waals surface area (Å²) in [7, 11) is 0. The third-order valence-corrected chi connectivity index (χ3v) is 5.07. The minimum atomic E-state index is 0.0361. The molecule has 1 fully saturated rings. The summed E-state index contributed by atoms with van der Waals surface area (Å²) in [4.78, 5) is 23.3. The molecule has 1 aliphatic rings.